The number of aromatic nitrogens is 2. The van der Waals surface area contributed by atoms with Gasteiger partial charge in [0.25, 0.3) is 0 Å². The number of phenolic OH excluding ortho intramolecular Hbond substituents is 2. The van der Waals surface area contributed by atoms with Crippen molar-refractivity contribution >= 4 is 11.6 Å². The molecule has 0 radical (unpaired) electrons. The number of alkyl halides is 6. The minimum Gasteiger partial charge on any atom is -0.507 e. The smallest absolute Gasteiger partial charge is 0.418 e. The quantitative estimate of drug-likeness (QED) is 0.0792. The summed E-state index contributed by atoms with van der Waals surface area (Å²) in [6.07, 6.45) is -5.98. The summed E-state index contributed by atoms with van der Waals surface area (Å²) in [5.74, 6) is -1.44. The van der Waals surface area contributed by atoms with E-state index in [-0.39, 0.29) is 54.9 Å². The van der Waals surface area contributed by atoms with Gasteiger partial charge in [-0.25, -0.2) is 0 Å². The summed E-state index contributed by atoms with van der Waals surface area (Å²) >= 11 is 0. The molecule has 2 fully saturated rings. The Balaban J connectivity index is 1.21. The van der Waals surface area contributed by atoms with Crippen LogP contribution in [0.5, 0.6) is 11.5 Å². The monoisotopic (exact) mass is 882 g/mol. The average molecular weight is 883 g/mol. The topological polar surface area (TPSA) is 106 Å². The van der Waals surface area contributed by atoms with Crippen molar-refractivity contribution in [1.82, 2.24) is 9.97 Å². The van der Waals surface area contributed by atoms with Gasteiger partial charge in [0.05, 0.1) is 22.5 Å². The number of aryl methyl sites for hydroxylation is 2. The number of hydrogen-bond donors (Lipinski definition) is 4. The molecule has 0 saturated heterocycles. The highest BCUT2D eigenvalue weighted by atomic mass is 19.4. The van der Waals surface area contributed by atoms with Crippen LogP contribution in [-0.4, -0.2) is 31.7 Å². The predicted octanol–water partition coefficient (Wildman–Crippen LogP) is 14.1. The molecule has 0 bridgehead atoms. The van der Waals surface area contributed by atoms with Crippen molar-refractivity contribution in [1.29, 1.82) is 0 Å². The molecule has 2 aromatic heterocycles. The number of Topliss-reactive ketones (excluding diaryl/α,β-unsaturated/α-hetero) is 2. The Morgan fingerprint density at radius 2 is 0.952 bits per heavy atom. The lowest BCUT2D eigenvalue weighted by Crippen LogP contribution is -2.22. The van der Waals surface area contributed by atoms with E-state index in [0.29, 0.717) is 52.0 Å². The van der Waals surface area contributed by atoms with Crippen LogP contribution in [0, 0.1) is 5.92 Å². The molecule has 6 rings (SSSR count). The van der Waals surface area contributed by atoms with Crippen LogP contribution < -0.4 is 0 Å². The first-order chi connectivity index (χ1) is 28.8. The van der Waals surface area contributed by atoms with Gasteiger partial charge in [0.1, 0.15) is 11.5 Å². The Bertz CT molecular complexity index is 2340. The lowest BCUT2D eigenvalue weighted by Gasteiger charge is -2.31. The Hall–Kier alpha value is -4.48. The first-order valence-corrected chi connectivity index (χ1v) is 22.2. The van der Waals surface area contributed by atoms with Gasteiger partial charge in [0.2, 0.25) is 0 Å². The van der Waals surface area contributed by atoms with Gasteiger partial charge in [0.15, 0.2) is 11.6 Å². The molecule has 12 heteroatoms. The van der Waals surface area contributed by atoms with Crippen LogP contribution >= 0.6 is 0 Å². The normalized spacial score (nSPS) is 17.9. The third-order valence-electron chi connectivity index (χ3n) is 13.3. The molecule has 344 valence electrons. The number of carbonyl (C=O) groups is 2. The zero-order valence-electron chi connectivity index (χ0n) is 38.5. The van der Waals surface area contributed by atoms with Crippen LogP contribution in [0.4, 0.5) is 26.3 Å². The molecule has 63 heavy (non-hydrogen) atoms. The molecule has 2 atom stereocenters. The third-order valence-corrected chi connectivity index (χ3v) is 13.3. The molecule has 2 heterocycles. The predicted molar refractivity (Wildman–Crippen MR) is 234 cm³/mol. The van der Waals surface area contributed by atoms with Gasteiger partial charge in [-0.1, -0.05) is 107 Å². The largest absolute Gasteiger partial charge is 0.507 e. The Kier molecular flexibility index (Phi) is 12.6. The minimum absolute atomic E-state index is 0.0181. The second-order valence-electron chi connectivity index (χ2n) is 22.0. The van der Waals surface area contributed by atoms with E-state index in [1.54, 1.807) is 12.1 Å². The molecule has 0 amide bonds. The fraction of sp³-hybridized carbons (Fsp3) is 0.569. The van der Waals surface area contributed by atoms with E-state index < -0.39 is 68.1 Å². The highest BCUT2D eigenvalue weighted by Crippen LogP contribution is 2.55. The molecule has 0 spiro atoms. The van der Waals surface area contributed by atoms with E-state index >= 15 is 0 Å². The van der Waals surface area contributed by atoms with Gasteiger partial charge in [-0.2, -0.15) is 26.3 Å². The molecule has 0 aliphatic heterocycles. The van der Waals surface area contributed by atoms with E-state index in [4.69, 9.17) is 0 Å². The summed E-state index contributed by atoms with van der Waals surface area (Å²) in [6.45, 7) is 21.5. The third kappa shape index (κ3) is 10.4. The number of H-pyrrole nitrogens is 2. The maximum atomic E-state index is 14.5. The molecular formula is C51H64F6N2O4. The number of ketones is 2. The molecular weight excluding hydrogens is 819 g/mol. The van der Waals surface area contributed by atoms with Crippen LogP contribution in [-0.2, 0) is 46.9 Å². The van der Waals surface area contributed by atoms with Crippen LogP contribution in [0.25, 0.3) is 0 Å². The van der Waals surface area contributed by atoms with Gasteiger partial charge in [-0.3, -0.25) is 9.59 Å². The fourth-order valence-electron chi connectivity index (χ4n) is 9.27. The lowest BCUT2D eigenvalue weighted by atomic mass is 9.74. The zero-order chi connectivity index (χ0) is 47.0. The lowest BCUT2D eigenvalue weighted by molar-refractivity contribution is -0.138. The maximum Gasteiger partial charge on any atom is 0.418 e. The first-order valence-electron chi connectivity index (χ1n) is 22.2. The van der Waals surface area contributed by atoms with Crippen molar-refractivity contribution in [3.63, 3.8) is 0 Å². The molecule has 4 N–H and O–H groups in total. The van der Waals surface area contributed by atoms with Crippen molar-refractivity contribution in [3.8, 4) is 11.5 Å². The summed E-state index contributed by atoms with van der Waals surface area (Å²) in [5, 5.41) is 22.9. The standard InChI is InChI=1S/C51H64F6N2O4/c1-46(2,3)34-19-27(20-35(44(34)62)47(4,5)6)15-17-41(61)43-33(51(55,56)57)25-39(59-43)31-23-30(31)26-49(10,11)37-22-28(21-36(45(37)63)48(7,8)9)16-18-40(60)42-32(50(52,53)54)24-38(58-42)29-13-12-14-29/h19-22,24-25,29-31,58-59,62-63H,12-18,23,26H2,1-11H3. The van der Waals surface area contributed by atoms with Gasteiger partial charge in [-0.05, 0) is 112 Å². The Morgan fingerprint density at radius 1 is 0.571 bits per heavy atom. The van der Waals surface area contributed by atoms with Crippen molar-refractivity contribution in [3.05, 3.63) is 104 Å². The van der Waals surface area contributed by atoms with E-state index in [0.717, 1.165) is 37.0 Å². The molecule has 6 nitrogen and oxygen atoms in total. The number of rotatable bonds is 13. The number of halogens is 6. The zero-order valence-corrected chi connectivity index (χ0v) is 38.5. The van der Waals surface area contributed by atoms with Crippen molar-refractivity contribution in [2.45, 2.75) is 180 Å². The first kappa shape index (κ1) is 48.0. The fourth-order valence-corrected chi connectivity index (χ4v) is 9.27. The van der Waals surface area contributed by atoms with Gasteiger partial charge < -0.3 is 20.2 Å². The highest BCUT2D eigenvalue weighted by Gasteiger charge is 2.47. The van der Waals surface area contributed by atoms with Crippen molar-refractivity contribution in [2.75, 3.05) is 0 Å². The number of aromatic hydroxyl groups is 2. The van der Waals surface area contributed by atoms with Gasteiger partial charge in [0, 0.05) is 35.7 Å². The maximum absolute atomic E-state index is 14.5. The van der Waals surface area contributed by atoms with Crippen LogP contribution in [0.2, 0.25) is 0 Å². The average Bonchev–Trinajstić information content (AvgIpc) is 3.48. The number of carbonyl (C=O) groups excluding carboxylic acids is 2. The summed E-state index contributed by atoms with van der Waals surface area (Å²) in [6, 6.07) is 9.38. The minimum atomic E-state index is -4.77. The van der Waals surface area contributed by atoms with Gasteiger partial charge in [-0.15, -0.1) is 0 Å². The Morgan fingerprint density at radius 3 is 1.33 bits per heavy atom. The van der Waals surface area contributed by atoms with Crippen molar-refractivity contribution in [2.24, 2.45) is 5.92 Å². The number of hydrogen-bond acceptors (Lipinski definition) is 4. The van der Waals surface area contributed by atoms with Crippen LogP contribution in [0.15, 0.2) is 36.4 Å². The van der Waals surface area contributed by atoms with Crippen LogP contribution in [0.1, 0.15) is 210 Å². The summed E-state index contributed by atoms with van der Waals surface area (Å²) in [4.78, 5) is 32.8. The number of aromatic amines is 2. The summed E-state index contributed by atoms with van der Waals surface area (Å²) < 4.78 is 85.7. The SMILES string of the molecule is CC(C)(C)c1cc(CCC(=O)c2[nH]c(C3CC3CC(C)(C)c3cc(CCC(=O)c4[nH]c(C5CCC5)cc4C(F)(F)F)cc(C(C)(C)C)c3O)cc2C(F)(F)F)cc(C(C)(C)C)c1O. The molecule has 2 aliphatic carbocycles. The summed E-state index contributed by atoms with van der Waals surface area (Å²) in [5.41, 5.74) is -0.102. The molecule has 2 unspecified atom stereocenters. The van der Waals surface area contributed by atoms with Gasteiger partial charge >= 0.3 is 12.4 Å². The molecule has 4 aromatic rings. The number of nitrogens with one attached hydrogen (secondary N) is 2. The summed E-state index contributed by atoms with van der Waals surface area (Å²) in [7, 11) is 0. The molecule has 2 aromatic carbocycles. The number of benzene rings is 2. The van der Waals surface area contributed by atoms with Crippen LogP contribution in [0.3, 0.4) is 0 Å². The molecule has 2 saturated carbocycles. The Labute approximate surface area is 367 Å². The van der Waals surface area contributed by atoms with E-state index in [9.17, 15) is 46.1 Å². The van der Waals surface area contributed by atoms with E-state index in [1.165, 1.54) is 0 Å². The second-order valence-corrected chi connectivity index (χ2v) is 22.0. The van der Waals surface area contributed by atoms with E-state index in [1.807, 2.05) is 88.3 Å². The highest BCUT2D eigenvalue weighted by molar-refractivity contribution is 5.97. The number of phenols is 2. The second kappa shape index (κ2) is 16.5. The molecule has 2 aliphatic rings. The van der Waals surface area contributed by atoms with Crippen molar-refractivity contribution < 1.29 is 46.1 Å². The van der Waals surface area contributed by atoms with E-state index in [2.05, 4.69) is 9.97 Å².